The maximum Gasteiger partial charge on any atom is 0.220 e. The maximum atomic E-state index is 12.4. The molecule has 5 nitrogen and oxygen atoms in total. The molecule has 0 radical (unpaired) electrons. The number of hydrogen-bond donors (Lipinski definition) is 1. The summed E-state index contributed by atoms with van der Waals surface area (Å²) in [5.74, 6) is 2.16. The second-order valence-corrected chi connectivity index (χ2v) is 8.23. The van der Waals surface area contributed by atoms with Gasteiger partial charge in [0.1, 0.15) is 11.5 Å². The number of carbonyl (C=O) groups excluding carboxylic acids is 1. The molecule has 1 heterocycles. The number of nitrogens with zero attached hydrogens (tertiary/aromatic N) is 1. The number of ether oxygens (including phenoxy) is 2. The summed E-state index contributed by atoms with van der Waals surface area (Å²) in [4.78, 5) is 14.9. The van der Waals surface area contributed by atoms with E-state index in [0.29, 0.717) is 18.9 Å². The van der Waals surface area contributed by atoms with Crippen molar-refractivity contribution in [2.45, 2.75) is 45.7 Å². The number of carbonyl (C=O) groups is 1. The van der Waals surface area contributed by atoms with Crippen molar-refractivity contribution in [3.05, 3.63) is 59.2 Å². The zero-order valence-corrected chi connectivity index (χ0v) is 18.4. The molecule has 2 aromatic rings. The first-order valence-corrected chi connectivity index (χ1v) is 10.8. The van der Waals surface area contributed by atoms with Crippen molar-refractivity contribution >= 4 is 5.91 Å². The molecular weight excluding hydrogens is 376 g/mol. The number of benzene rings is 2. The highest BCUT2D eigenvalue weighted by Gasteiger charge is 2.20. The summed E-state index contributed by atoms with van der Waals surface area (Å²) in [6, 6.07) is 14.4. The molecule has 0 aromatic heterocycles. The van der Waals surface area contributed by atoms with Gasteiger partial charge in [0, 0.05) is 37.7 Å². The number of likely N-dealkylation sites (tertiary alicyclic amines) is 1. The average Bonchev–Trinajstić information content (AvgIpc) is 2.76. The lowest BCUT2D eigenvalue weighted by Gasteiger charge is -2.32. The fraction of sp³-hybridized carbons (Fsp3) is 0.480. The molecule has 5 heteroatoms. The van der Waals surface area contributed by atoms with Crippen LogP contribution >= 0.6 is 0 Å². The van der Waals surface area contributed by atoms with E-state index in [0.717, 1.165) is 43.1 Å². The van der Waals surface area contributed by atoms with Crippen molar-refractivity contribution < 1.29 is 14.3 Å². The third-order valence-electron chi connectivity index (χ3n) is 5.84. The summed E-state index contributed by atoms with van der Waals surface area (Å²) in [7, 11) is 3.26. The Labute approximate surface area is 180 Å². The number of rotatable bonds is 9. The molecule has 0 unspecified atom stereocenters. The molecule has 2 aromatic carbocycles. The second-order valence-electron chi connectivity index (χ2n) is 8.23. The van der Waals surface area contributed by atoms with Gasteiger partial charge in [-0.3, -0.25) is 9.69 Å². The van der Waals surface area contributed by atoms with Crippen LogP contribution in [0.2, 0.25) is 0 Å². The van der Waals surface area contributed by atoms with Gasteiger partial charge in [-0.15, -0.1) is 0 Å². The van der Waals surface area contributed by atoms with Crippen LogP contribution in [0.1, 0.15) is 42.4 Å². The SMILES string of the molecule is COc1ccc(CNC(=O)CC[C@H]2CCCN(Cc3cccc(C)c3)C2)c(OC)c1. The lowest BCUT2D eigenvalue weighted by atomic mass is 9.93. The highest BCUT2D eigenvalue weighted by molar-refractivity contribution is 5.75. The van der Waals surface area contributed by atoms with E-state index >= 15 is 0 Å². The van der Waals surface area contributed by atoms with Gasteiger partial charge in [0.15, 0.2) is 0 Å². The summed E-state index contributed by atoms with van der Waals surface area (Å²) < 4.78 is 10.6. The predicted molar refractivity (Wildman–Crippen MR) is 120 cm³/mol. The van der Waals surface area contributed by atoms with E-state index in [1.165, 1.54) is 24.0 Å². The molecule has 1 aliphatic rings. The van der Waals surface area contributed by atoms with Gasteiger partial charge in [0.2, 0.25) is 5.91 Å². The molecule has 1 saturated heterocycles. The van der Waals surface area contributed by atoms with Crippen molar-refractivity contribution in [3.8, 4) is 11.5 Å². The van der Waals surface area contributed by atoms with Gasteiger partial charge in [-0.25, -0.2) is 0 Å². The topological polar surface area (TPSA) is 50.8 Å². The highest BCUT2D eigenvalue weighted by atomic mass is 16.5. The Balaban J connectivity index is 1.43. The highest BCUT2D eigenvalue weighted by Crippen LogP contribution is 2.25. The Morgan fingerprint density at radius 1 is 1.17 bits per heavy atom. The van der Waals surface area contributed by atoms with E-state index in [2.05, 4.69) is 41.4 Å². The fourth-order valence-corrected chi connectivity index (χ4v) is 4.21. The minimum atomic E-state index is 0.101. The first-order chi connectivity index (χ1) is 14.6. The Morgan fingerprint density at radius 2 is 2.03 bits per heavy atom. The van der Waals surface area contributed by atoms with Crippen LogP contribution < -0.4 is 14.8 Å². The third kappa shape index (κ3) is 6.49. The molecule has 0 aliphatic carbocycles. The number of aryl methyl sites for hydroxylation is 1. The zero-order valence-electron chi connectivity index (χ0n) is 18.4. The monoisotopic (exact) mass is 410 g/mol. The molecule has 0 bridgehead atoms. The summed E-state index contributed by atoms with van der Waals surface area (Å²) in [6.45, 7) is 5.84. The number of hydrogen-bond acceptors (Lipinski definition) is 4. The predicted octanol–water partition coefficient (Wildman–Crippen LogP) is 4.32. The molecular formula is C25H34N2O3. The molecule has 1 aliphatic heterocycles. The minimum absolute atomic E-state index is 0.101. The normalized spacial score (nSPS) is 16.8. The van der Waals surface area contributed by atoms with Gasteiger partial charge in [-0.1, -0.05) is 29.8 Å². The number of nitrogens with one attached hydrogen (secondary N) is 1. The Bertz CT molecular complexity index is 837. The first kappa shape index (κ1) is 22.2. The van der Waals surface area contributed by atoms with Crippen LogP contribution in [0.5, 0.6) is 11.5 Å². The Kier molecular flexibility index (Phi) is 8.14. The zero-order chi connectivity index (χ0) is 21.3. The molecule has 3 rings (SSSR count). The summed E-state index contributed by atoms with van der Waals surface area (Å²) in [5, 5.41) is 3.03. The lowest BCUT2D eigenvalue weighted by molar-refractivity contribution is -0.121. The molecule has 1 amide bonds. The van der Waals surface area contributed by atoms with Gasteiger partial charge < -0.3 is 14.8 Å². The smallest absolute Gasteiger partial charge is 0.220 e. The molecule has 1 N–H and O–H groups in total. The van der Waals surface area contributed by atoms with Crippen LogP contribution in [0.3, 0.4) is 0 Å². The molecule has 0 saturated carbocycles. The van der Waals surface area contributed by atoms with E-state index in [1.807, 2.05) is 18.2 Å². The largest absolute Gasteiger partial charge is 0.497 e. The molecule has 1 atom stereocenters. The number of piperidine rings is 1. The van der Waals surface area contributed by atoms with Crippen LogP contribution in [0, 0.1) is 12.8 Å². The van der Waals surface area contributed by atoms with E-state index in [4.69, 9.17) is 9.47 Å². The quantitative estimate of drug-likeness (QED) is 0.669. The van der Waals surface area contributed by atoms with Crippen LogP contribution in [-0.2, 0) is 17.9 Å². The summed E-state index contributed by atoms with van der Waals surface area (Å²) in [5.41, 5.74) is 3.64. The molecule has 30 heavy (non-hydrogen) atoms. The van der Waals surface area contributed by atoms with Gasteiger partial charge >= 0.3 is 0 Å². The minimum Gasteiger partial charge on any atom is -0.497 e. The molecule has 162 valence electrons. The van der Waals surface area contributed by atoms with Crippen molar-refractivity contribution in [3.63, 3.8) is 0 Å². The summed E-state index contributed by atoms with van der Waals surface area (Å²) in [6.07, 6.45) is 3.93. The van der Waals surface area contributed by atoms with E-state index < -0.39 is 0 Å². The van der Waals surface area contributed by atoms with Crippen LogP contribution in [0.4, 0.5) is 0 Å². The second kappa shape index (κ2) is 11.0. The van der Waals surface area contributed by atoms with E-state index in [9.17, 15) is 4.79 Å². The number of amides is 1. The average molecular weight is 411 g/mol. The van der Waals surface area contributed by atoms with Crippen LogP contribution in [0.25, 0.3) is 0 Å². The third-order valence-corrected chi connectivity index (χ3v) is 5.84. The van der Waals surface area contributed by atoms with Crippen LogP contribution in [-0.4, -0.2) is 38.1 Å². The number of methoxy groups -OCH3 is 2. The molecule has 0 spiro atoms. The van der Waals surface area contributed by atoms with Gasteiger partial charge in [0.25, 0.3) is 0 Å². The van der Waals surface area contributed by atoms with Gasteiger partial charge in [-0.05, 0) is 56.3 Å². The van der Waals surface area contributed by atoms with Crippen molar-refractivity contribution in [2.24, 2.45) is 5.92 Å². The van der Waals surface area contributed by atoms with Gasteiger partial charge in [0.05, 0.1) is 14.2 Å². The first-order valence-electron chi connectivity index (χ1n) is 10.8. The summed E-state index contributed by atoms with van der Waals surface area (Å²) >= 11 is 0. The lowest BCUT2D eigenvalue weighted by Crippen LogP contribution is -2.35. The molecule has 1 fully saturated rings. The van der Waals surface area contributed by atoms with Crippen molar-refractivity contribution in [1.29, 1.82) is 0 Å². The van der Waals surface area contributed by atoms with Gasteiger partial charge in [-0.2, -0.15) is 0 Å². The Morgan fingerprint density at radius 3 is 2.80 bits per heavy atom. The van der Waals surface area contributed by atoms with E-state index in [1.54, 1.807) is 14.2 Å². The fourth-order valence-electron chi connectivity index (χ4n) is 4.21. The Hall–Kier alpha value is -2.53. The standard InChI is InChI=1S/C25H34N2O3/c1-19-6-4-7-21(14-19)18-27-13-5-8-20(17-27)9-12-25(28)26-16-22-10-11-23(29-2)15-24(22)30-3/h4,6-7,10-11,14-15,20H,5,8-9,12-13,16-18H2,1-3H3,(H,26,28)/t20-/m1/s1. The maximum absolute atomic E-state index is 12.4. The van der Waals surface area contributed by atoms with Crippen molar-refractivity contribution in [2.75, 3.05) is 27.3 Å². The van der Waals surface area contributed by atoms with Crippen LogP contribution in [0.15, 0.2) is 42.5 Å². The van der Waals surface area contributed by atoms with Crippen molar-refractivity contribution in [1.82, 2.24) is 10.2 Å². The van der Waals surface area contributed by atoms with E-state index in [-0.39, 0.29) is 5.91 Å².